The van der Waals surface area contributed by atoms with Crippen molar-refractivity contribution in [2.75, 3.05) is 0 Å². The molecule has 5 heterocycles. The molecule has 116 heavy (non-hydrogen) atoms. The van der Waals surface area contributed by atoms with Crippen LogP contribution < -0.4 is 44.8 Å². The molecular weight excluding hydrogens is 1710 g/mol. The van der Waals surface area contributed by atoms with E-state index in [9.17, 15) is 0 Å². The fraction of sp³-hybridized carbons (Fsp3) is 0.481. The molecule has 0 spiro atoms. The van der Waals surface area contributed by atoms with Gasteiger partial charge in [-0.3, -0.25) is 0 Å². The molecule has 13 rings (SSSR count). The van der Waals surface area contributed by atoms with E-state index in [4.69, 9.17) is 0 Å². The predicted molar refractivity (Wildman–Crippen MR) is 518 cm³/mol. The predicted octanol–water partition coefficient (Wildman–Crippen LogP) is 23.7. The molecule has 3 aliphatic carbocycles. The van der Waals surface area contributed by atoms with Crippen LogP contribution in [0.2, 0.25) is 86.3 Å². The van der Waals surface area contributed by atoms with Gasteiger partial charge in [-0.25, -0.2) is 0 Å². The normalized spacial score (nSPS) is 15.1. The van der Waals surface area contributed by atoms with Gasteiger partial charge in [0.1, 0.15) is 0 Å². The molecular formula is C106H156Ge5N5+5. The zero-order valence-electron chi connectivity index (χ0n) is 78.6. The van der Waals surface area contributed by atoms with Gasteiger partial charge < -0.3 is 0 Å². The number of nitrogens with zero attached hydrogens (tertiary/aromatic N) is 5. The average Bonchev–Trinajstić information content (AvgIpc) is 0.862. The van der Waals surface area contributed by atoms with Crippen molar-refractivity contribution in [1.82, 2.24) is 0 Å². The van der Waals surface area contributed by atoms with Crippen LogP contribution in [0.25, 0.3) is 56.3 Å². The molecule has 0 aliphatic heterocycles. The Hall–Kier alpha value is -5.44. The molecule has 3 aliphatic rings. The number of aryl methyl sites for hydroxylation is 11. The molecule has 3 fully saturated rings. The molecule has 620 valence electrons. The molecule has 0 amide bonds. The minimum absolute atomic E-state index is 0.568. The first-order chi connectivity index (χ1) is 54.4. The van der Waals surface area contributed by atoms with Crippen LogP contribution in [-0.4, -0.2) is 66.3 Å². The first-order valence-corrected chi connectivity index (χ1v) is 81.6. The number of hydrogen-bond acceptors (Lipinski definition) is 0. The second kappa shape index (κ2) is 41.0. The van der Waals surface area contributed by atoms with Gasteiger partial charge in [0.25, 0.3) is 0 Å². The molecule has 2 atom stereocenters. The molecule has 10 aromatic rings. The average molecular weight is 1860 g/mol. The Bertz CT molecular complexity index is 4950. The van der Waals surface area contributed by atoms with Crippen molar-refractivity contribution in [3.8, 4) is 56.3 Å². The van der Waals surface area contributed by atoms with E-state index >= 15 is 0 Å². The summed E-state index contributed by atoms with van der Waals surface area (Å²) in [6.45, 7) is 22.7. The Morgan fingerprint density at radius 2 is 0.638 bits per heavy atom. The first kappa shape index (κ1) is 94.4. The van der Waals surface area contributed by atoms with Crippen molar-refractivity contribution in [3.05, 3.63) is 238 Å². The molecule has 5 aromatic heterocycles. The molecule has 5 nitrogen and oxygen atoms in total. The molecule has 0 bridgehead atoms. The Morgan fingerprint density at radius 3 is 1.01 bits per heavy atom. The Labute approximate surface area is 721 Å². The van der Waals surface area contributed by atoms with Crippen molar-refractivity contribution >= 4 is 88.3 Å². The third-order valence-electron chi connectivity index (χ3n) is 26.2. The van der Waals surface area contributed by atoms with E-state index in [0.717, 1.165) is 17.8 Å². The molecule has 0 N–H and O–H groups in total. The summed E-state index contributed by atoms with van der Waals surface area (Å²) < 4.78 is 19.9. The van der Waals surface area contributed by atoms with Gasteiger partial charge in [-0.15, -0.1) is 0 Å². The summed E-state index contributed by atoms with van der Waals surface area (Å²) in [5.74, 6) is 42.2. The number of pyridine rings is 5. The van der Waals surface area contributed by atoms with Crippen LogP contribution >= 0.6 is 0 Å². The van der Waals surface area contributed by atoms with Gasteiger partial charge in [0.05, 0.1) is 0 Å². The van der Waals surface area contributed by atoms with Crippen LogP contribution in [0.15, 0.2) is 183 Å². The number of benzene rings is 5. The second-order valence-electron chi connectivity index (χ2n) is 41.3. The third-order valence-corrected chi connectivity index (χ3v) is 47.8. The van der Waals surface area contributed by atoms with Gasteiger partial charge in [-0.05, 0) is 0 Å². The van der Waals surface area contributed by atoms with Crippen LogP contribution in [0.4, 0.5) is 0 Å². The number of aromatic nitrogens is 5. The molecule has 2 unspecified atom stereocenters. The van der Waals surface area contributed by atoms with Crippen molar-refractivity contribution in [2.45, 2.75) is 270 Å². The van der Waals surface area contributed by atoms with Crippen molar-refractivity contribution in [1.29, 1.82) is 0 Å². The quantitative estimate of drug-likeness (QED) is 0.0639. The standard InChI is InChI=1S/C24H36GeN.2C23H34GeN.C19H28GeN.C17H24GeN/c1-18-12-10-11-15-21(18)24-16-23(25(3,4)5)22(17-26(24)6)19(2)20-13-8-7-9-14-20;1-17-11-7-10-14-20(17)23-15-22(24(3,4)5)21(16-25(23)6)18(2)19-12-8-9-13-19;1-18-11-9-10-14-21(18)23-16-22(24(2,3)4)20(17-25(23)5)15-19-12-7-6-8-13-19;1-14(2)16-9-8-15(3)18(12-16)19-13-17(20(4,5)6)10-11-21(19)7;1-13-7-8-14(2)16(11-13)17-12-15(18(3,4)5)9-10-19(17)6/h10-12,15-17,19-20H,7-9,13-14H2,1-6H3;7,10-11,14-16,18-19H,8-9,12-13H2,1-6H3;9-11,14,16-17,19H,6-8,12-13,15H2,1-5H3;8-14H,1-7H3;7-12H,1-6H3/q5*+1. The van der Waals surface area contributed by atoms with E-state index in [1.165, 1.54) is 192 Å². The summed E-state index contributed by atoms with van der Waals surface area (Å²) in [4.78, 5) is 0. The van der Waals surface area contributed by atoms with Crippen LogP contribution in [0, 0.1) is 59.3 Å². The van der Waals surface area contributed by atoms with Crippen LogP contribution in [0.5, 0.6) is 0 Å². The van der Waals surface area contributed by atoms with E-state index in [1.807, 2.05) is 0 Å². The van der Waals surface area contributed by atoms with E-state index in [0.29, 0.717) is 17.8 Å². The molecule has 5 aromatic carbocycles. The monoisotopic (exact) mass is 1870 g/mol. The van der Waals surface area contributed by atoms with Gasteiger partial charge >= 0.3 is 728 Å². The maximum absolute atomic E-state index is 2.55. The van der Waals surface area contributed by atoms with E-state index in [1.54, 1.807) is 38.7 Å². The summed E-state index contributed by atoms with van der Waals surface area (Å²) in [6, 6.07) is 57.1. The van der Waals surface area contributed by atoms with Crippen LogP contribution in [0.1, 0.15) is 191 Å². The van der Waals surface area contributed by atoms with Gasteiger partial charge in [0.2, 0.25) is 0 Å². The summed E-state index contributed by atoms with van der Waals surface area (Å²) in [5.41, 5.74) is 28.1. The summed E-state index contributed by atoms with van der Waals surface area (Å²) in [5, 5.41) is 0. The molecule has 0 saturated heterocycles. The maximum atomic E-state index is 2.55. The topological polar surface area (TPSA) is 19.4 Å². The van der Waals surface area contributed by atoms with Gasteiger partial charge in [0, 0.05) is 0 Å². The molecule has 0 radical (unpaired) electrons. The Morgan fingerprint density at radius 1 is 0.310 bits per heavy atom. The van der Waals surface area contributed by atoms with Crippen molar-refractivity contribution in [2.24, 2.45) is 53.0 Å². The van der Waals surface area contributed by atoms with Gasteiger partial charge in [0.15, 0.2) is 0 Å². The van der Waals surface area contributed by atoms with Gasteiger partial charge in [-0.1, -0.05) is 0 Å². The summed E-state index contributed by atoms with van der Waals surface area (Å²) in [7, 11) is 11.0. The molecule has 3 saturated carbocycles. The number of rotatable bonds is 17. The Kier molecular flexibility index (Phi) is 33.3. The number of hydrogen-bond donors (Lipinski definition) is 0. The van der Waals surface area contributed by atoms with Crippen molar-refractivity contribution < 1.29 is 22.8 Å². The zero-order chi connectivity index (χ0) is 85.1. The SMILES string of the molecule is Cc1ccc(C(C)C)cc1-c1c[c]([Ge]([CH3])([CH3])[CH3])cc[n+]1C.Cc1ccc(C)c(-c2c[c]([Ge]([CH3])([CH3])[CH3])cc[n+]2C)c1.Cc1ccccc1-c1c[c]([Ge]([CH3])([CH3])[CH3])c(C(C)C2CCCC2)c[n+]1C.Cc1ccccc1-c1c[c]([Ge]([CH3])([CH3])[CH3])c(C(C)C2CCCCC2)c[n+]1C.Cc1ccccc1-c1c[c]([Ge]([CH3])([CH3])[CH3])c(CC2CCCCC2)c[n+]1C. The molecule has 10 heteroatoms. The zero-order valence-corrected chi connectivity index (χ0v) is 89.1. The van der Waals surface area contributed by atoms with Crippen LogP contribution in [0.3, 0.4) is 0 Å². The van der Waals surface area contributed by atoms with Crippen molar-refractivity contribution in [3.63, 3.8) is 0 Å². The van der Waals surface area contributed by atoms with Gasteiger partial charge in [-0.2, -0.15) is 0 Å². The Balaban J connectivity index is 0.000000166. The van der Waals surface area contributed by atoms with E-state index < -0.39 is 66.3 Å². The minimum atomic E-state index is -1.97. The fourth-order valence-corrected chi connectivity index (χ4v) is 34.1. The van der Waals surface area contributed by atoms with E-state index in [-0.39, 0.29) is 0 Å². The fourth-order valence-electron chi connectivity index (χ4n) is 18.5. The first-order valence-electron chi connectivity index (χ1n) is 44.9. The van der Waals surface area contributed by atoms with Crippen LogP contribution in [-0.2, 0) is 41.7 Å². The summed E-state index contributed by atoms with van der Waals surface area (Å²) >= 11 is -9.43. The second-order valence-corrected chi connectivity index (χ2v) is 94.3. The third kappa shape index (κ3) is 24.9. The summed E-state index contributed by atoms with van der Waals surface area (Å²) in [6.07, 6.45) is 33.1. The van der Waals surface area contributed by atoms with E-state index in [2.05, 4.69) is 396 Å².